The van der Waals surface area contributed by atoms with Crippen LogP contribution in [0.25, 0.3) is 0 Å². The third kappa shape index (κ3) is 5.01. The van der Waals surface area contributed by atoms with E-state index in [4.69, 9.17) is 0 Å². The number of aryl methyl sites for hydroxylation is 1. The zero-order valence-electron chi connectivity index (χ0n) is 19.2. The molecule has 0 bridgehead atoms. The van der Waals surface area contributed by atoms with E-state index in [2.05, 4.69) is 16.7 Å². The first kappa shape index (κ1) is 23.9. The number of aliphatic hydroxyl groups is 2. The molecule has 0 spiro atoms. The third-order valence-corrected chi connectivity index (χ3v) is 8.54. The molecule has 2 saturated heterocycles. The number of hydrogen-bond donors (Lipinski definition) is 2. The average molecular weight is 469 g/mol. The van der Waals surface area contributed by atoms with Crippen molar-refractivity contribution in [2.24, 2.45) is 0 Å². The number of benzene rings is 2. The Morgan fingerprint density at radius 2 is 1.85 bits per heavy atom. The fourth-order valence-corrected chi connectivity index (χ4v) is 6.63. The van der Waals surface area contributed by atoms with Crippen LogP contribution in [0.5, 0.6) is 0 Å². The summed E-state index contributed by atoms with van der Waals surface area (Å²) in [6.45, 7) is 5.34. The van der Waals surface area contributed by atoms with Gasteiger partial charge in [-0.2, -0.15) is 4.31 Å². The lowest BCUT2D eigenvalue weighted by Crippen LogP contribution is -2.67. The predicted octanol–water partition coefficient (Wildman–Crippen LogP) is 2.34. The maximum Gasteiger partial charge on any atom is 0.243 e. The summed E-state index contributed by atoms with van der Waals surface area (Å²) in [5, 5.41) is 19.5. The number of rotatable bonds is 4. The SMILES string of the molecule is Cc1cccc(S(=O)(=O)N2CCCCN3[C@@H](CO)[C@@H](c4ccc(C#C[C@@H](C)O)cc4)[C@@H]3C2)c1. The summed E-state index contributed by atoms with van der Waals surface area (Å²) < 4.78 is 28.6. The van der Waals surface area contributed by atoms with Crippen molar-refractivity contribution < 1.29 is 18.6 Å². The van der Waals surface area contributed by atoms with Crippen LogP contribution in [-0.4, -0.2) is 72.3 Å². The third-order valence-electron chi connectivity index (χ3n) is 6.68. The highest BCUT2D eigenvalue weighted by Crippen LogP contribution is 2.42. The number of fused-ring (bicyclic) bond motifs is 1. The lowest BCUT2D eigenvalue weighted by atomic mass is 9.74. The van der Waals surface area contributed by atoms with Crippen LogP contribution in [0.1, 0.15) is 42.4 Å². The monoisotopic (exact) mass is 468 g/mol. The first-order chi connectivity index (χ1) is 15.8. The van der Waals surface area contributed by atoms with E-state index in [0.717, 1.165) is 36.1 Å². The lowest BCUT2D eigenvalue weighted by Gasteiger charge is -2.57. The minimum absolute atomic E-state index is 0.0106. The summed E-state index contributed by atoms with van der Waals surface area (Å²) in [7, 11) is -3.60. The van der Waals surface area contributed by atoms with Crippen molar-refractivity contribution >= 4 is 10.0 Å². The van der Waals surface area contributed by atoms with Gasteiger partial charge in [-0.25, -0.2) is 8.42 Å². The molecule has 0 amide bonds. The standard InChI is InChI=1S/C26H32N2O4S/c1-19-6-5-7-23(16-19)33(31,32)27-14-3-4-15-28-24(17-27)26(25(28)18-29)22-12-10-21(11-13-22)9-8-20(2)30/h5-7,10-13,16,20,24-26,29-30H,3-4,14-15,17-18H2,1-2H3/t20-,24+,25+,26+/m1/s1. The van der Waals surface area contributed by atoms with Crippen molar-refractivity contribution in [2.75, 3.05) is 26.2 Å². The van der Waals surface area contributed by atoms with E-state index in [1.807, 2.05) is 37.3 Å². The summed E-state index contributed by atoms with van der Waals surface area (Å²) >= 11 is 0. The minimum Gasteiger partial charge on any atom is -0.395 e. The number of hydrogen-bond acceptors (Lipinski definition) is 5. The van der Waals surface area contributed by atoms with Crippen LogP contribution in [0, 0.1) is 18.8 Å². The topological polar surface area (TPSA) is 81.1 Å². The largest absolute Gasteiger partial charge is 0.395 e. The molecular formula is C26H32N2O4S. The zero-order chi connectivity index (χ0) is 23.6. The molecule has 176 valence electrons. The molecule has 0 unspecified atom stereocenters. The van der Waals surface area contributed by atoms with Gasteiger partial charge in [0.25, 0.3) is 0 Å². The quantitative estimate of drug-likeness (QED) is 0.674. The fourth-order valence-electron chi connectivity index (χ4n) is 5.03. The molecule has 4 rings (SSSR count). The van der Waals surface area contributed by atoms with Crippen LogP contribution in [0.2, 0.25) is 0 Å². The minimum atomic E-state index is -3.60. The Kier molecular flexibility index (Phi) is 7.22. The average Bonchev–Trinajstić information content (AvgIpc) is 2.77. The second-order valence-electron chi connectivity index (χ2n) is 9.03. The molecule has 0 aliphatic carbocycles. The van der Waals surface area contributed by atoms with Gasteiger partial charge in [-0.3, -0.25) is 4.90 Å². The molecule has 2 aromatic rings. The van der Waals surface area contributed by atoms with E-state index in [1.54, 1.807) is 29.4 Å². The van der Waals surface area contributed by atoms with Crippen LogP contribution in [0.15, 0.2) is 53.4 Å². The number of aliphatic hydroxyl groups excluding tert-OH is 2. The Balaban J connectivity index is 1.61. The predicted molar refractivity (Wildman–Crippen MR) is 128 cm³/mol. The van der Waals surface area contributed by atoms with Crippen LogP contribution >= 0.6 is 0 Å². The van der Waals surface area contributed by atoms with Gasteiger partial charge in [0, 0.05) is 36.7 Å². The maximum absolute atomic E-state index is 13.5. The highest BCUT2D eigenvalue weighted by Gasteiger charge is 2.50. The van der Waals surface area contributed by atoms with Crippen molar-refractivity contribution in [3.63, 3.8) is 0 Å². The van der Waals surface area contributed by atoms with Gasteiger partial charge in [-0.1, -0.05) is 36.1 Å². The van der Waals surface area contributed by atoms with Gasteiger partial charge in [0.2, 0.25) is 10.0 Å². The van der Waals surface area contributed by atoms with Crippen LogP contribution in [0.4, 0.5) is 0 Å². The highest BCUT2D eigenvalue weighted by molar-refractivity contribution is 7.89. The lowest BCUT2D eigenvalue weighted by molar-refractivity contribution is -0.0553. The molecule has 2 fully saturated rings. The number of sulfonamides is 1. The zero-order valence-corrected chi connectivity index (χ0v) is 20.0. The van der Waals surface area contributed by atoms with E-state index < -0.39 is 16.1 Å². The van der Waals surface area contributed by atoms with Gasteiger partial charge in [0.1, 0.15) is 6.10 Å². The molecule has 4 atom stereocenters. The molecule has 2 N–H and O–H groups in total. The summed E-state index contributed by atoms with van der Waals surface area (Å²) in [6, 6.07) is 14.9. The van der Waals surface area contributed by atoms with Crippen molar-refractivity contribution in [1.29, 1.82) is 0 Å². The van der Waals surface area contributed by atoms with Gasteiger partial charge in [-0.05, 0) is 68.6 Å². The first-order valence-corrected chi connectivity index (χ1v) is 13.0. The molecule has 0 aromatic heterocycles. The van der Waals surface area contributed by atoms with Crippen molar-refractivity contribution in [2.45, 2.75) is 55.7 Å². The molecule has 2 heterocycles. The van der Waals surface area contributed by atoms with Crippen LogP contribution < -0.4 is 0 Å². The molecule has 0 radical (unpaired) electrons. The summed E-state index contributed by atoms with van der Waals surface area (Å²) in [6.07, 6.45) is 1.01. The van der Waals surface area contributed by atoms with E-state index in [-0.39, 0.29) is 24.6 Å². The molecule has 33 heavy (non-hydrogen) atoms. The summed E-state index contributed by atoms with van der Waals surface area (Å²) in [4.78, 5) is 2.61. The first-order valence-electron chi connectivity index (χ1n) is 11.5. The van der Waals surface area contributed by atoms with E-state index >= 15 is 0 Å². The van der Waals surface area contributed by atoms with Gasteiger partial charge in [0.15, 0.2) is 0 Å². The molecule has 2 aliphatic rings. The highest BCUT2D eigenvalue weighted by atomic mass is 32.2. The van der Waals surface area contributed by atoms with E-state index in [0.29, 0.717) is 18.0 Å². The normalized spacial score (nSPS) is 25.0. The maximum atomic E-state index is 13.5. The van der Waals surface area contributed by atoms with Crippen LogP contribution in [0.3, 0.4) is 0 Å². The van der Waals surface area contributed by atoms with Gasteiger partial charge < -0.3 is 10.2 Å². The Hall–Kier alpha value is -2.21. The molecule has 2 aromatic carbocycles. The van der Waals surface area contributed by atoms with Gasteiger partial charge in [-0.15, -0.1) is 0 Å². The number of nitrogens with zero attached hydrogens (tertiary/aromatic N) is 2. The van der Waals surface area contributed by atoms with Crippen molar-refractivity contribution in [1.82, 2.24) is 9.21 Å². The Morgan fingerprint density at radius 1 is 1.12 bits per heavy atom. The Labute approximate surface area is 196 Å². The fraction of sp³-hybridized carbons (Fsp3) is 0.462. The molecule has 6 nitrogen and oxygen atoms in total. The Bertz CT molecular complexity index is 1130. The molecule has 0 saturated carbocycles. The van der Waals surface area contributed by atoms with Crippen LogP contribution in [-0.2, 0) is 10.0 Å². The molecular weight excluding hydrogens is 436 g/mol. The van der Waals surface area contributed by atoms with Crippen molar-refractivity contribution in [3.05, 3.63) is 65.2 Å². The summed E-state index contributed by atoms with van der Waals surface area (Å²) in [5.41, 5.74) is 2.81. The molecule has 2 aliphatic heterocycles. The summed E-state index contributed by atoms with van der Waals surface area (Å²) in [5.74, 6) is 5.74. The second kappa shape index (κ2) is 9.96. The van der Waals surface area contributed by atoms with E-state index in [9.17, 15) is 18.6 Å². The van der Waals surface area contributed by atoms with Gasteiger partial charge >= 0.3 is 0 Å². The van der Waals surface area contributed by atoms with Gasteiger partial charge in [0.05, 0.1) is 11.5 Å². The van der Waals surface area contributed by atoms with E-state index in [1.165, 1.54) is 0 Å². The smallest absolute Gasteiger partial charge is 0.243 e. The van der Waals surface area contributed by atoms with Crippen molar-refractivity contribution in [3.8, 4) is 11.8 Å². The Morgan fingerprint density at radius 3 is 2.52 bits per heavy atom. The molecule has 7 heteroatoms. The second-order valence-corrected chi connectivity index (χ2v) is 11.0.